The molecule has 1 heterocycles. The third-order valence-electron chi connectivity index (χ3n) is 1.81. The number of aldehydes is 1. The van der Waals surface area contributed by atoms with Crippen molar-refractivity contribution < 1.29 is 4.79 Å². The summed E-state index contributed by atoms with van der Waals surface area (Å²) < 4.78 is 1.88. The first kappa shape index (κ1) is 8.97. The van der Waals surface area contributed by atoms with E-state index in [1.54, 1.807) is 0 Å². The molecule has 0 saturated carbocycles. The summed E-state index contributed by atoms with van der Waals surface area (Å²) in [5.41, 5.74) is 1.70. The molecule has 1 aromatic rings. The van der Waals surface area contributed by atoms with Gasteiger partial charge in [-0.25, -0.2) is 0 Å². The molecule has 0 amide bonds. The average Bonchev–Trinajstić information content (AvgIpc) is 2.48. The van der Waals surface area contributed by atoms with Crippen molar-refractivity contribution in [3.05, 3.63) is 17.5 Å². The molecule has 0 aromatic carbocycles. The van der Waals surface area contributed by atoms with Crippen LogP contribution in [0.4, 0.5) is 0 Å². The Balaban J connectivity index is 2.91. The zero-order valence-corrected chi connectivity index (χ0v) is 7.58. The molecule has 1 rings (SSSR count). The van der Waals surface area contributed by atoms with Crippen molar-refractivity contribution in [3.8, 4) is 0 Å². The molecule has 0 atom stereocenters. The molecule has 0 N–H and O–H groups in total. The smallest absolute Gasteiger partial charge is 0.170 e. The van der Waals surface area contributed by atoms with Gasteiger partial charge in [0.15, 0.2) is 6.29 Å². The van der Waals surface area contributed by atoms with Gasteiger partial charge in [-0.1, -0.05) is 13.3 Å². The normalized spacial score (nSPS) is 10.2. The van der Waals surface area contributed by atoms with Crippen LogP contribution in [0.5, 0.6) is 0 Å². The summed E-state index contributed by atoms with van der Waals surface area (Å²) in [5.74, 6) is 0. The van der Waals surface area contributed by atoms with E-state index in [4.69, 9.17) is 0 Å². The fourth-order valence-corrected chi connectivity index (χ4v) is 1.27. The minimum Gasteiger partial charge on any atom is -0.296 e. The van der Waals surface area contributed by atoms with Crippen molar-refractivity contribution in [1.29, 1.82) is 0 Å². The lowest BCUT2D eigenvalue weighted by Crippen LogP contribution is -2.02. The van der Waals surface area contributed by atoms with Gasteiger partial charge in [-0.05, 0) is 19.4 Å². The predicted molar refractivity (Wildman–Crippen MR) is 47.3 cm³/mol. The van der Waals surface area contributed by atoms with Crippen LogP contribution in [-0.2, 0) is 13.0 Å². The highest BCUT2D eigenvalue weighted by Gasteiger charge is 2.03. The topological polar surface area (TPSA) is 34.9 Å². The van der Waals surface area contributed by atoms with E-state index >= 15 is 0 Å². The van der Waals surface area contributed by atoms with Crippen molar-refractivity contribution in [3.63, 3.8) is 0 Å². The first-order chi connectivity index (χ1) is 5.81. The van der Waals surface area contributed by atoms with Crippen molar-refractivity contribution in [2.45, 2.75) is 33.2 Å². The standard InChI is InChI=1S/C9H14N2O/c1-3-5-9-6-8(7-12)10-11(9)4-2/h6-7H,3-5H2,1-2H3. The van der Waals surface area contributed by atoms with Crippen molar-refractivity contribution >= 4 is 6.29 Å². The molecule has 0 aliphatic carbocycles. The number of aromatic nitrogens is 2. The Morgan fingerprint density at radius 1 is 1.58 bits per heavy atom. The maximum absolute atomic E-state index is 10.4. The summed E-state index contributed by atoms with van der Waals surface area (Å²) >= 11 is 0. The zero-order valence-electron chi connectivity index (χ0n) is 7.58. The van der Waals surface area contributed by atoms with Gasteiger partial charge in [0, 0.05) is 12.2 Å². The lowest BCUT2D eigenvalue weighted by molar-refractivity contribution is 0.111. The Morgan fingerprint density at radius 3 is 2.83 bits per heavy atom. The van der Waals surface area contributed by atoms with Crippen LogP contribution >= 0.6 is 0 Å². The third-order valence-corrected chi connectivity index (χ3v) is 1.81. The van der Waals surface area contributed by atoms with E-state index in [0.717, 1.165) is 31.4 Å². The maximum atomic E-state index is 10.4. The Bertz CT molecular complexity index is 265. The summed E-state index contributed by atoms with van der Waals surface area (Å²) in [6.45, 7) is 4.98. The van der Waals surface area contributed by atoms with Crippen LogP contribution in [0.15, 0.2) is 6.07 Å². The van der Waals surface area contributed by atoms with Gasteiger partial charge in [-0.15, -0.1) is 0 Å². The van der Waals surface area contributed by atoms with Gasteiger partial charge in [-0.3, -0.25) is 9.48 Å². The van der Waals surface area contributed by atoms with Gasteiger partial charge in [0.2, 0.25) is 0 Å². The number of rotatable bonds is 4. The molecule has 0 aliphatic rings. The summed E-state index contributed by atoms with van der Waals surface area (Å²) in [6, 6.07) is 1.86. The number of nitrogens with zero attached hydrogens (tertiary/aromatic N) is 2. The minimum atomic E-state index is 0.542. The second-order valence-electron chi connectivity index (χ2n) is 2.74. The van der Waals surface area contributed by atoms with Crippen LogP contribution in [0.3, 0.4) is 0 Å². The highest BCUT2D eigenvalue weighted by molar-refractivity contribution is 5.71. The van der Waals surface area contributed by atoms with Crippen LogP contribution in [-0.4, -0.2) is 16.1 Å². The lowest BCUT2D eigenvalue weighted by atomic mass is 10.2. The van der Waals surface area contributed by atoms with Crippen LogP contribution in [0, 0.1) is 0 Å². The average molecular weight is 166 g/mol. The fourth-order valence-electron chi connectivity index (χ4n) is 1.27. The van der Waals surface area contributed by atoms with Gasteiger partial charge in [0.25, 0.3) is 0 Å². The quantitative estimate of drug-likeness (QED) is 0.638. The molecule has 3 nitrogen and oxygen atoms in total. The summed E-state index contributed by atoms with van der Waals surface area (Å²) in [4.78, 5) is 10.4. The van der Waals surface area contributed by atoms with E-state index in [9.17, 15) is 4.79 Å². The van der Waals surface area contributed by atoms with E-state index in [2.05, 4.69) is 12.0 Å². The molecule has 3 heteroatoms. The number of hydrogen-bond acceptors (Lipinski definition) is 2. The van der Waals surface area contributed by atoms with Crippen molar-refractivity contribution in [2.24, 2.45) is 0 Å². The van der Waals surface area contributed by atoms with Crippen LogP contribution < -0.4 is 0 Å². The second-order valence-corrected chi connectivity index (χ2v) is 2.74. The van der Waals surface area contributed by atoms with Crippen LogP contribution in [0.1, 0.15) is 36.5 Å². The largest absolute Gasteiger partial charge is 0.296 e. The van der Waals surface area contributed by atoms with Gasteiger partial charge in [-0.2, -0.15) is 5.10 Å². The molecule has 66 valence electrons. The van der Waals surface area contributed by atoms with Crippen LogP contribution in [0.25, 0.3) is 0 Å². The Morgan fingerprint density at radius 2 is 2.33 bits per heavy atom. The molecule has 0 unspecified atom stereocenters. The number of aryl methyl sites for hydroxylation is 2. The first-order valence-corrected chi connectivity index (χ1v) is 4.33. The van der Waals surface area contributed by atoms with E-state index in [0.29, 0.717) is 5.69 Å². The van der Waals surface area contributed by atoms with Gasteiger partial charge in [0.05, 0.1) is 0 Å². The molecule has 0 saturated heterocycles. The molecular weight excluding hydrogens is 152 g/mol. The summed E-state index contributed by atoms with van der Waals surface area (Å²) in [7, 11) is 0. The number of carbonyl (C=O) groups excluding carboxylic acids is 1. The second kappa shape index (κ2) is 4.04. The molecule has 1 aromatic heterocycles. The highest BCUT2D eigenvalue weighted by atomic mass is 16.1. The highest BCUT2D eigenvalue weighted by Crippen LogP contribution is 2.05. The van der Waals surface area contributed by atoms with E-state index in [1.807, 2.05) is 17.7 Å². The minimum absolute atomic E-state index is 0.542. The van der Waals surface area contributed by atoms with Crippen molar-refractivity contribution in [2.75, 3.05) is 0 Å². The molecular formula is C9H14N2O. The lowest BCUT2D eigenvalue weighted by Gasteiger charge is -2.00. The fraction of sp³-hybridized carbons (Fsp3) is 0.556. The Kier molecular flexibility index (Phi) is 3.02. The molecule has 0 fully saturated rings. The van der Waals surface area contributed by atoms with Crippen molar-refractivity contribution in [1.82, 2.24) is 9.78 Å². The number of carbonyl (C=O) groups is 1. The van der Waals surface area contributed by atoms with Gasteiger partial charge >= 0.3 is 0 Å². The summed E-state index contributed by atoms with van der Waals surface area (Å²) in [6.07, 6.45) is 2.88. The maximum Gasteiger partial charge on any atom is 0.170 e. The summed E-state index contributed by atoms with van der Waals surface area (Å²) in [5, 5.41) is 4.11. The van der Waals surface area contributed by atoms with E-state index in [1.165, 1.54) is 0 Å². The molecule has 0 spiro atoms. The van der Waals surface area contributed by atoms with E-state index < -0.39 is 0 Å². The SMILES string of the molecule is CCCc1cc(C=O)nn1CC. The number of hydrogen-bond donors (Lipinski definition) is 0. The molecule has 0 aliphatic heterocycles. The van der Waals surface area contributed by atoms with Gasteiger partial charge in [0.1, 0.15) is 5.69 Å². The predicted octanol–water partition coefficient (Wildman–Crippen LogP) is 1.67. The molecule has 0 radical (unpaired) electrons. The molecule has 12 heavy (non-hydrogen) atoms. The Labute approximate surface area is 72.4 Å². The third kappa shape index (κ3) is 1.72. The van der Waals surface area contributed by atoms with Crippen LogP contribution in [0.2, 0.25) is 0 Å². The molecule has 0 bridgehead atoms. The zero-order chi connectivity index (χ0) is 8.97. The van der Waals surface area contributed by atoms with Gasteiger partial charge < -0.3 is 0 Å². The van der Waals surface area contributed by atoms with E-state index in [-0.39, 0.29) is 0 Å². The first-order valence-electron chi connectivity index (χ1n) is 4.33. The Hall–Kier alpha value is -1.12. The monoisotopic (exact) mass is 166 g/mol.